The second-order valence-corrected chi connectivity index (χ2v) is 4.14. The van der Waals surface area contributed by atoms with Crippen molar-refractivity contribution in [2.45, 2.75) is 0 Å². The van der Waals surface area contributed by atoms with Crippen LogP contribution in [0.4, 0.5) is 5.69 Å². The molecule has 96 valence electrons. The van der Waals surface area contributed by atoms with Crippen LogP contribution in [0.5, 0.6) is 0 Å². The van der Waals surface area contributed by atoms with Crippen LogP contribution in [0, 0.1) is 0 Å². The zero-order valence-corrected chi connectivity index (χ0v) is 11.9. The molecule has 2 N–H and O–H groups in total. The Kier molecular flexibility index (Phi) is 9.07. The quantitative estimate of drug-likeness (QED) is 0.788. The van der Waals surface area contributed by atoms with Gasteiger partial charge in [0.15, 0.2) is 0 Å². The fraction of sp³-hybridized carbons (Fsp3) is 0.364. The highest BCUT2D eigenvalue weighted by atomic mass is 79.9. The Labute approximate surface area is 116 Å². The third-order valence-corrected chi connectivity index (χ3v) is 2.37. The maximum atomic E-state index is 11.5. The van der Waals surface area contributed by atoms with Gasteiger partial charge in [-0.1, -0.05) is 22.0 Å². The summed E-state index contributed by atoms with van der Waals surface area (Å²) in [6, 6.07) is 7.48. The van der Waals surface area contributed by atoms with Crippen LogP contribution >= 0.6 is 28.3 Å². The second kappa shape index (κ2) is 9.41. The van der Waals surface area contributed by atoms with E-state index < -0.39 is 0 Å². The van der Waals surface area contributed by atoms with Crippen LogP contribution in [-0.4, -0.2) is 32.7 Å². The van der Waals surface area contributed by atoms with Gasteiger partial charge >= 0.3 is 0 Å². The van der Waals surface area contributed by atoms with Gasteiger partial charge in [-0.15, -0.1) is 12.4 Å². The molecule has 0 fully saturated rings. The van der Waals surface area contributed by atoms with Crippen LogP contribution < -0.4 is 10.6 Å². The van der Waals surface area contributed by atoms with Crippen LogP contribution in [-0.2, 0) is 9.53 Å². The Balaban J connectivity index is 0.00000256. The van der Waals surface area contributed by atoms with Crippen molar-refractivity contribution in [1.29, 1.82) is 0 Å². The first-order chi connectivity index (χ1) is 7.72. The fourth-order valence-corrected chi connectivity index (χ4v) is 1.55. The minimum absolute atomic E-state index is 0. The minimum Gasteiger partial charge on any atom is -0.383 e. The number of anilines is 1. The number of amides is 1. The Bertz CT molecular complexity index is 350. The van der Waals surface area contributed by atoms with Crippen molar-refractivity contribution in [2.75, 3.05) is 32.1 Å². The third kappa shape index (κ3) is 7.33. The molecule has 1 aromatic rings. The van der Waals surface area contributed by atoms with Gasteiger partial charge in [0.2, 0.25) is 5.91 Å². The summed E-state index contributed by atoms with van der Waals surface area (Å²) < 4.78 is 5.80. The van der Waals surface area contributed by atoms with E-state index in [1.807, 2.05) is 24.3 Å². The van der Waals surface area contributed by atoms with E-state index in [-0.39, 0.29) is 24.9 Å². The van der Waals surface area contributed by atoms with Crippen molar-refractivity contribution in [3.05, 3.63) is 28.7 Å². The number of carbonyl (C=O) groups is 1. The SMILES string of the molecule is COCCNCC(=O)Nc1cccc(Br)c1.Cl. The number of hydrogen-bond acceptors (Lipinski definition) is 3. The smallest absolute Gasteiger partial charge is 0.238 e. The van der Waals surface area contributed by atoms with Crippen LogP contribution in [0.15, 0.2) is 28.7 Å². The summed E-state index contributed by atoms with van der Waals surface area (Å²) in [5.41, 5.74) is 0.785. The van der Waals surface area contributed by atoms with Gasteiger partial charge in [0.1, 0.15) is 0 Å². The number of methoxy groups -OCH3 is 1. The molecule has 0 atom stereocenters. The molecule has 0 saturated carbocycles. The molecule has 17 heavy (non-hydrogen) atoms. The molecule has 0 saturated heterocycles. The average Bonchev–Trinajstić information content (AvgIpc) is 2.24. The van der Waals surface area contributed by atoms with Gasteiger partial charge < -0.3 is 15.4 Å². The van der Waals surface area contributed by atoms with E-state index in [0.717, 1.165) is 10.2 Å². The summed E-state index contributed by atoms with van der Waals surface area (Å²) >= 11 is 3.34. The number of nitrogens with one attached hydrogen (secondary N) is 2. The minimum atomic E-state index is -0.0609. The Hall–Kier alpha value is -0.620. The van der Waals surface area contributed by atoms with Gasteiger partial charge in [0.25, 0.3) is 0 Å². The Morgan fingerprint density at radius 3 is 2.88 bits per heavy atom. The number of ether oxygens (including phenoxy) is 1. The topological polar surface area (TPSA) is 50.4 Å². The summed E-state index contributed by atoms with van der Waals surface area (Å²) in [7, 11) is 1.63. The molecule has 0 unspecified atom stereocenters. The molecule has 4 nitrogen and oxygen atoms in total. The molecule has 6 heteroatoms. The predicted octanol–water partition coefficient (Wildman–Crippen LogP) is 2.05. The maximum absolute atomic E-state index is 11.5. The van der Waals surface area contributed by atoms with Gasteiger partial charge in [-0.25, -0.2) is 0 Å². The number of halogens is 2. The van der Waals surface area contributed by atoms with Crippen LogP contribution in [0.3, 0.4) is 0 Å². The highest BCUT2D eigenvalue weighted by Crippen LogP contribution is 2.15. The van der Waals surface area contributed by atoms with E-state index in [1.165, 1.54) is 0 Å². The van der Waals surface area contributed by atoms with Gasteiger partial charge in [-0.3, -0.25) is 4.79 Å². The summed E-state index contributed by atoms with van der Waals surface area (Å²) in [6.07, 6.45) is 0. The van der Waals surface area contributed by atoms with Crippen molar-refractivity contribution in [1.82, 2.24) is 5.32 Å². The zero-order chi connectivity index (χ0) is 11.8. The predicted molar refractivity (Wildman–Crippen MR) is 74.8 cm³/mol. The summed E-state index contributed by atoms with van der Waals surface area (Å²) in [4.78, 5) is 11.5. The molecule has 0 aliphatic carbocycles. The lowest BCUT2D eigenvalue weighted by Gasteiger charge is -2.06. The first kappa shape index (κ1) is 16.4. The fourth-order valence-electron chi connectivity index (χ4n) is 1.15. The maximum Gasteiger partial charge on any atom is 0.238 e. The van der Waals surface area contributed by atoms with Crippen molar-refractivity contribution in [3.63, 3.8) is 0 Å². The Morgan fingerprint density at radius 1 is 1.47 bits per heavy atom. The lowest BCUT2D eigenvalue weighted by molar-refractivity contribution is -0.115. The molecule has 1 aromatic carbocycles. The molecule has 1 rings (SSSR count). The van der Waals surface area contributed by atoms with Gasteiger partial charge in [-0.2, -0.15) is 0 Å². The van der Waals surface area contributed by atoms with Crippen molar-refractivity contribution in [3.8, 4) is 0 Å². The normalized spacial score (nSPS) is 9.53. The molecule has 1 amide bonds. The molecular formula is C11H16BrClN2O2. The van der Waals surface area contributed by atoms with Gasteiger partial charge in [0.05, 0.1) is 13.2 Å². The number of benzene rings is 1. The highest BCUT2D eigenvalue weighted by molar-refractivity contribution is 9.10. The van der Waals surface area contributed by atoms with Gasteiger partial charge in [0, 0.05) is 23.8 Å². The number of carbonyl (C=O) groups excluding carboxylic acids is 1. The largest absolute Gasteiger partial charge is 0.383 e. The third-order valence-electron chi connectivity index (χ3n) is 1.88. The second-order valence-electron chi connectivity index (χ2n) is 3.23. The van der Waals surface area contributed by atoms with Crippen LogP contribution in [0.1, 0.15) is 0 Å². The summed E-state index contributed by atoms with van der Waals surface area (Å²) in [5, 5.41) is 5.76. The van der Waals surface area contributed by atoms with E-state index in [0.29, 0.717) is 13.2 Å². The van der Waals surface area contributed by atoms with Gasteiger partial charge in [-0.05, 0) is 18.2 Å². The number of hydrogen-bond donors (Lipinski definition) is 2. The summed E-state index contributed by atoms with van der Waals surface area (Å²) in [5.74, 6) is -0.0609. The standard InChI is InChI=1S/C11H15BrN2O2.ClH/c1-16-6-5-13-8-11(15)14-10-4-2-3-9(12)7-10;/h2-4,7,13H,5-6,8H2,1H3,(H,14,15);1H. The van der Waals surface area contributed by atoms with Crippen molar-refractivity contribution >= 4 is 39.9 Å². The van der Waals surface area contributed by atoms with E-state index in [1.54, 1.807) is 7.11 Å². The van der Waals surface area contributed by atoms with Crippen LogP contribution in [0.2, 0.25) is 0 Å². The van der Waals surface area contributed by atoms with E-state index in [9.17, 15) is 4.79 Å². The monoisotopic (exact) mass is 322 g/mol. The molecular weight excluding hydrogens is 307 g/mol. The van der Waals surface area contributed by atoms with Crippen LogP contribution in [0.25, 0.3) is 0 Å². The van der Waals surface area contributed by atoms with E-state index >= 15 is 0 Å². The molecule has 0 radical (unpaired) electrons. The van der Waals surface area contributed by atoms with E-state index in [4.69, 9.17) is 4.74 Å². The molecule has 0 aliphatic rings. The highest BCUT2D eigenvalue weighted by Gasteiger charge is 2.01. The summed E-state index contributed by atoms with van der Waals surface area (Å²) in [6.45, 7) is 1.56. The average molecular weight is 324 g/mol. The lowest BCUT2D eigenvalue weighted by atomic mass is 10.3. The lowest BCUT2D eigenvalue weighted by Crippen LogP contribution is -2.30. The number of rotatable bonds is 6. The first-order valence-electron chi connectivity index (χ1n) is 4.97. The first-order valence-corrected chi connectivity index (χ1v) is 5.77. The molecule has 0 heterocycles. The molecule has 0 bridgehead atoms. The molecule has 0 aromatic heterocycles. The van der Waals surface area contributed by atoms with Crippen molar-refractivity contribution in [2.24, 2.45) is 0 Å². The van der Waals surface area contributed by atoms with E-state index in [2.05, 4.69) is 26.6 Å². The molecule has 0 spiro atoms. The molecule has 0 aliphatic heterocycles. The zero-order valence-electron chi connectivity index (χ0n) is 9.53. The Morgan fingerprint density at radius 2 is 2.24 bits per heavy atom. The van der Waals surface area contributed by atoms with Crippen molar-refractivity contribution < 1.29 is 9.53 Å².